The average molecular weight is 729 g/mol. The number of ether oxygens (including phenoxy) is 2. The molecule has 1 atom stereocenters. The molecule has 0 radical (unpaired) electrons. The summed E-state index contributed by atoms with van der Waals surface area (Å²) in [6, 6.07) is 4.89. The van der Waals surface area contributed by atoms with Crippen molar-refractivity contribution in [3.63, 3.8) is 0 Å². The second-order valence-corrected chi connectivity index (χ2v) is 14.7. The number of carbonyl (C=O) groups is 1. The topological polar surface area (TPSA) is 83.9 Å². The second-order valence-electron chi connectivity index (χ2n) is 14.4. The van der Waals surface area contributed by atoms with Gasteiger partial charge in [-0.2, -0.15) is 0 Å². The second kappa shape index (κ2) is 15.1. The van der Waals surface area contributed by atoms with Gasteiger partial charge in [0.1, 0.15) is 29.7 Å². The van der Waals surface area contributed by atoms with Gasteiger partial charge in [-0.25, -0.2) is 23.1 Å². The number of pyridine rings is 1. The van der Waals surface area contributed by atoms with E-state index in [1.165, 1.54) is 35.1 Å². The number of anilines is 1. The maximum Gasteiger partial charge on any atom is 0.258 e. The summed E-state index contributed by atoms with van der Waals surface area (Å²) in [6.45, 7) is 13.2. The number of fused-ring (bicyclic) bond motifs is 1. The van der Waals surface area contributed by atoms with E-state index in [-0.39, 0.29) is 34.9 Å². The van der Waals surface area contributed by atoms with Crippen LogP contribution in [-0.4, -0.2) is 86.8 Å². The summed E-state index contributed by atoms with van der Waals surface area (Å²) in [7, 11) is 0. The van der Waals surface area contributed by atoms with Gasteiger partial charge in [0.15, 0.2) is 11.6 Å². The fourth-order valence-electron chi connectivity index (χ4n) is 8.06. The molecule has 2 aliphatic carbocycles. The lowest BCUT2D eigenvalue weighted by molar-refractivity contribution is -0.120. The molecule has 2 aliphatic heterocycles. The molecule has 0 N–H and O–H groups in total. The van der Waals surface area contributed by atoms with Gasteiger partial charge >= 0.3 is 0 Å². The van der Waals surface area contributed by atoms with Gasteiger partial charge in [0, 0.05) is 80.1 Å². The molecule has 3 fully saturated rings. The highest BCUT2D eigenvalue weighted by Crippen LogP contribution is 2.52. The number of carbonyl (C=O) groups excluding carboxylic acids is 1. The van der Waals surface area contributed by atoms with Crippen LogP contribution in [0, 0.1) is 11.2 Å². The smallest absolute Gasteiger partial charge is 0.258 e. The van der Waals surface area contributed by atoms with Gasteiger partial charge < -0.3 is 19.3 Å². The van der Waals surface area contributed by atoms with Crippen LogP contribution in [0.15, 0.2) is 43.0 Å². The van der Waals surface area contributed by atoms with Crippen LogP contribution in [0.2, 0.25) is 0 Å². The number of halogens is 4. The van der Waals surface area contributed by atoms with E-state index < -0.39 is 36.5 Å². The molecule has 1 amide bonds. The molecular weight excluding hydrogens is 681 g/mol. The standard InChI is InChI=1S/C36H42ClF3N6O3.C2H6/c1-22(2)46(25-14-36(39,40)15-25)34(47)27-13-24(38)5-6-29(27)49-31-18-41-21-43-33(31)45-19-35(20-45)16-26(17-35)48-30-7-10-42-28-8-12-44(11-4-9-37)23(3)32(28)30;1-2/h5-7,10,13,18,21-23,25-26H,4,8-9,11-12,14-17,19-20H2,1-3H3;1-2H3. The van der Waals surface area contributed by atoms with Crippen LogP contribution >= 0.6 is 11.6 Å². The Hall–Kier alpha value is -3.64. The Morgan fingerprint density at radius 1 is 1.08 bits per heavy atom. The summed E-state index contributed by atoms with van der Waals surface area (Å²) in [6.07, 6.45) is 7.75. The minimum atomic E-state index is -2.81. The Labute approximate surface area is 303 Å². The van der Waals surface area contributed by atoms with Crippen molar-refractivity contribution < 1.29 is 27.4 Å². The van der Waals surface area contributed by atoms with Crippen molar-refractivity contribution in [1.82, 2.24) is 24.8 Å². The summed E-state index contributed by atoms with van der Waals surface area (Å²) in [5.41, 5.74) is 2.35. The zero-order chi connectivity index (χ0) is 36.5. The Morgan fingerprint density at radius 3 is 2.51 bits per heavy atom. The predicted octanol–water partition coefficient (Wildman–Crippen LogP) is 8.07. The zero-order valence-electron chi connectivity index (χ0n) is 30.0. The highest BCUT2D eigenvalue weighted by atomic mass is 35.5. The lowest BCUT2D eigenvalue weighted by atomic mass is 9.61. The molecular formula is C38H48ClF3N6O3. The summed E-state index contributed by atoms with van der Waals surface area (Å²) in [5.74, 6) is -1.41. The molecule has 4 heterocycles. The lowest BCUT2D eigenvalue weighted by Crippen LogP contribution is -2.65. The number of amides is 1. The summed E-state index contributed by atoms with van der Waals surface area (Å²) in [5, 5.41) is 0. The first-order valence-corrected chi connectivity index (χ1v) is 18.7. The molecule has 0 bridgehead atoms. The number of hydrogen-bond acceptors (Lipinski definition) is 8. The quantitative estimate of drug-likeness (QED) is 0.183. The number of rotatable bonds is 11. The molecule has 4 aliphatic rings. The molecule has 2 saturated carbocycles. The molecule has 51 heavy (non-hydrogen) atoms. The largest absolute Gasteiger partial charge is 0.490 e. The van der Waals surface area contributed by atoms with Crippen LogP contribution in [0.3, 0.4) is 0 Å². The van der Waals surface area contributed by atoms with Gasteiger partial charge in [0.25, 0.3) is 11.8 Å². The minimum absolute atomic E-state index is 0.0347. The average Bonchev–Trinajstić information content (AvgIpc) is 3.06. The molecule has 13 heteroatoms. The van der Waals surface area contributed by atoms with Gasteiger partial charge in [-0.3, -0.25) is 14.7 Å². The first-order chi connectivity index (χ1) is 24.5. The molecule has 2 aromatic heterocycles. The van der Waals surface area contributed by atoms with E-state index >= 15 is 0 Å². The maximum absolute atomic E-state index is 14.5. The van der Waals surface area contributed by atoms with Gasteiger partial charge in [0.05, 0.1) is 17.5 Å². The summed E-state index contributed by atoms with van der Waals surface area (Å²) < 4.78 is 54.8. The first-order valence-electron chi connectivity index (χ1n) is 18.1. The molecule has 1 aromatic carbocycles. The SMILES string of the molecule is CC.CC1c2c(OC3CC4(C3)CN(c3ncncc3Oc3ccc(F)cc3C(=O)N(C(C)C)C3CC(F)(F)C3)C4)ccnc2CCN1CCCCl. The fraction of sp³-hybridized carbons (Fsp3) is 0.579. The Balaban J connectivity index is 0.00000220. The number of benzene rings is 1. The molecule has 7 rings (SSSR count). The molecule has 1 saturated heterocycles. The van der Waals surface area contributed by atoms with E-state index in [1.807, 2.05) is 26.1 Å². The first kappa shape index (κ1) is 37.1. The van der Waals surface area contributed by atoms with Crippen LogP contribution < -0.4 is 14.4 Å². The highest BCUT2D eigenvalue weighted by molar-refractivity contribution is 6.17. The molecule has 1 spiro atoms. The van der Waals surface area contributed by atoms with Crippen LogP contribution in [0.1, 0.15) is 94.4 Å². The van der Waals surface area contributed by atoms with Gasteiger partial charge in [-0.15, -0.1) is 11.6 Å². The normalized spacial score (nSPS) is 20.7. The third kappa shape index (κ3) is 7.63. The van der Waals surface area contributed by atoms with Crippen molar-refractivity contribution in [2.24, 2.45) is 5.41 Å². The van der Waals surface area contributed by atoms with Crippen molar-refractivity contribution in [1.29, 1.82) is 0 Å². The van der Waals surface area contributed by atoms with Crippen molar-refractivity contribution >= 4 is 23.3 Å². The van der Waals surface area contributed by atoms with Crippen LogP contribution in [0.4, 0.5) is 19.0 Å². The van der Waals surface area contributed by atoms with Crippen molar-refractivity contribution in [3.8, 4) is 17.2 Å². The molecule has 9 nitrogen and oxygen atoms in total. The number of nitrogens with zero attached hydrogens (tertiary/aromatic N) is 6. The van der Waals surface area contributed by atoms with E-state index in [1.54, 1.807) is 13.8 Å². The van der Waals surface area contributed by atoms with E-state index in [0.29, 0.717) is 17.4 Å². The van der Waals surface area contributed by atoms with E-state index in [4.69, 9.17) is 21.1 Å². The monoisotopic (exact) mass is 728 g/mol. The molecule has 276 valence electrons. The van der Waals surface area contributed by atoms with Gasteiger partial charge in [-0.05, 0) is 70.8 Å². The van der Waals surface area contributed by atoms with Gasteiger partial charge in [-0.1, -0.05) is 13.8 Å². The Morgan fingerprint density at radius 2 is 1.82 bits per heavy atom. The van der Waals surface area contributed by atoms with Crippen molar-refractivity contribution in [2.75, 3.05) is 37.0 Å². The van der Waals surface area contributed by atoms with Crippen molar-refractivity contribution in [3.05, 3.63) is 65.6 Å². The Kier molecular flexibility index (Phi) is 11.0. The fourth-order valence-corrected chi connectivity index (χ4v) is 8.18. The van der Waals surface area contributed by atoms with Crippen molar-refractivity contribution in [2.45, 2.75) is 103 Å². The highest BCUT2D eigenvalue weighted by Gasteiger charge is 2.55. The number of alkyl halides is 3. The maximum atomic E-state index is 14.5. The predicted molar refractivity (Wildman–Crippen MR) is 191 cm³/mol. The van der Waals surface area contributed by atoms with E-state index in [0.717, 1.165) is 69.4 Å². The van der Waals surface area contributed by atoms with Gasteiger partial charge in [0.2, 0.25) is 0 Å². The third-order valence-electron chi connectivity index (χ3n) is 10.5. The summed E-state index contributed by atoms with van der Waals surface area (Å²) >= 11 is 5.97. The van der Waals surface area contributed by atoms with E-state index in [2.05, 4.69) is 31.7 Å². The lowest BCUT2D eigenvalue weighted by Gasteiger charge is -2.59. The number of hydrogen-bond donors (Lipinski definition) is 0. The number of aromatic nitrogens is 3. The van der Waals surface area contributed by atoms with E-state index in [9.17, 15) is 18.0 Å². The van der Waals surface area contributed by atoms with Crippen LogP contribution in [0.25, 0.3) is 0 Å². The third-order valence-corrected chi connectivity index (χ3v) is 10.8. The minimum Gasteiger partial charge on any atom is -0.490 e. The van der Waals surface area contributed by atoms with Crippen LogP contribution in [0.5, 0.6) is 17.2 Å². The van der Waals surface area contributed by atoms with Crippen LogP contribution in [-0.2, 0) is 6.42 Å². The zero-order valence-corrected chi connectivity index (χ0v) is 30.8. The Bertz CT molecular complexity index is 1690. The molecule has 1 unspecified atom stereocenters. The summed E-state index contributed by atoms with van der Waals surface area (Å²) in [4.78, 5) is 33.0. The molecule has 3 aromatic rings.